The van der Waals surface area contributed by atoms with E-state index >= 15 is 0 Å². The molecule has 0 unspecified atom stereocenters. The van der Waals surface area contributed by atoms with E-state index in [1.54, 1.807) is 36.4 Å². The molecule has 1 saturated heterocycles. The van der Waals surface area contributed by atoms with Crippen LogP contribution in [0.1, 0.15) is 44.2 Å². The third-order valence-corrected chi connectivity index (χ3v) is 6.38. The summed E-state index contributed by atoms with van der Waals surface area (Å²) in [6, 6.07) is 22.0. The maximum absolute atomic E-state index is 14.3. The molecular weight excluding hydrogens is 466 g/mol. The number of hydrogen-bond donors (Lipinski definition) is 1. The molecule has 4 rings (SSSR count). The van der Waals surface area contributed by atoms with Gasteiger partial charge in [0.15, 0.2) is 5.54 Å². The molecule has 2 atom stereocenters. The highest BCUT2D eigenvalue weighted by Crippen LogP contribution is 2.52. The van der Waals surface area contributed by atoms with Crippen LogP contribution in [0, 0.1) is 10.1 Å². The smallest absolute Gasteiger partial charge is 0.269 e. The largest absolute Gasteiger partial charge is 0.349 e. The van der Waals surface area contributed by atoms with E-state index in [-0.39, 0.29) is 23.9 Å². The van der Waals surface area contributed by atoms with E-state index in [1.807, 2.05) is 51.1 Å². The molecule has 0 saturated carbocycles. The lowest BCUT2D eigenvalue weighted by Gasteiger charge is -2.43. The number of carbonyl (C=O) groups excluding carboxylic acids is 2. The highest BCUT2D eigenvalue weighted by atomic mass is 35.5. The second-order valence-corrected chi connectivity index (χ2v) is 10.1. The first-order chi connectivity index (χ1) is 16.5. The van der Waals surface area contributed by atoms with Gasteiger partial charge in [0.25, 0.3) is 11.6 Å². The van der Waals surface area contributed by atoms with Gasteiger partial charge in [-0.2, -0.15) is 0 Å². The number of benzene rings is 3. The molecule has 0 radical (unpaired) electrons. The first kappa shape index (κ1) is 24.4. The SMILES string of the molecule is CC(C)(C)NC(=O)[C@@]1(c2ccc([N+](=O)[O-])cc2)[C@H](c2ccccc2)CC(=O)N1c1ccc(Cl)cc1. The van der Waals surface area contributed by atoms with E-state index in [0.29, 0.717) is 16.3 Å². The van der Waals surface area contributed by atoms with E-state index in [2.05, 4.69) is 5.32 Å². The number of halogens is 1. The molecule has 0 aliphatic carbocycles. The third kappa shape index (κ3) is 4.51. The quantitative estimate of drug-likeness (QED) is 0.372. The van der Waals surface area contributed by atoms with E-state index in [1.165, 1.54) is 17.0 Å². The predicted octanol–water partition coefficient (Wildman–Crippen LogP) is 5.58. The van der Waals surface area contributed by atoms with Gasteiger partial charge >= 0.3 is 0 Å². The first-order valence-electron chi connectivity index (χ1n) is 11.2. The predicted molar refractivity (Wildman–Crippen MR) is 135 cm³/mol. The molecule has 2 amide bonds. The molecule has 0 aromatic heterocycles. The standard InChI is InChI=1S/C27H26ClN3O4/c1-26(2,3)29-25(33)27(19-9-13-22(14-10-19)31(34)35)23(18-7-5-4-6-8-18)17-24(32)30(27)21-15-11-20(28)12-16-21/h4-16,23H,17H2,1-3H3,(H,29,33)/t23-,27+/m0/s1. The van der Waals surface area contributed by atoms with Crippen molar-refractivity contribution in [2.45, 2.75) is 44.2 Å². The minimum absolute atomic E-state index is 0.0845. The van der Waals surface area contributed by atoms with Crippen LogP contribution < -0.4 is 10.2 Å². The summed E-state index contributed by atoms with van der Waals surface area (Å²) in [5.74, 6) is -1.15. The fourth-order valence-electron chi connectivity index (χ4n) is 4.74. The van der Waals surface area contributed by atoms with Crippen LogP contribution in [-0.2, 0) is 15.1 Å². The lowest BCUT2D eigenvalue weighted by Crippen LogP contribution is -2.60. The number of nitro groups is 1. The lowest BCUT2D eigenvalue weighted by atomic mass is 9.73. The van der Waals surface area contributed by atoms with Crippen LogP contribution in [0.25, 0.3) is 0 Å². The van der Waals surface area contributed by atoms with Gasteiger partial charge < -0.3 is 5.32 Å². The van der Waals surface area contributed by atoms with Crippen LogP contribution in [0.3, 0.4) is 0 Å². The Balaban J connectivity index is 2.03. The maximum atomic E-state index is 14.3. The molecule has 1 fully saturated rings. The Labute approximate surface area is 208 Å². The summed E-state index contributed by atoms with van der Waals surface area (Å²) in [6.45, 7) is 5.61. The monoisotopic (exact) mass is 491 g/mol. The number of carbonyl (C=O) groups is 2. The summed E-state index contributed by atoms with van der Waals surface area (Å²) in [6.07, 6.45) is 0.0845. The Morgan fingerprint density at radius 2 is 1.63 bits per heavy atom. The summed E-state index contributed by atoms with van der Waals surface area (Å²) >= 11 is 6.12. The Morgan fingerprint density at radius 1 is 1.03 bits per heavy atom. The Kier molecular flexibility index (Phi) is 6.38. The van der Waals surface area contributed by atoms with Gasteiger partial charge in [-0.25, -0.2) is 0 Å². The van der Waals surface area contributed by atoms with Crippen LogP contribution in [-0.4, -0.2) is 22.3 Å². The molecule has 35 heavy (non-hydrogen) atoms. The minimum Gasteiger partial charge on any atom is -0.349 e. The summed E-state index contributed by atoms with van der Waals surface area (Å²) in [5, 5.41) is 14.9. The number of nitrogens with one attached hydrogen (secondary N) is 1. The molecule has 8 heteroatoms. The number of anilines is 1. The van der Waals surface area contributed by atoms with Gasteiger partial charge in [0.05, 0.1) is 4.92 Å². The maximum Gasteiger partial charge on any atom is 0.269 e. The van der Waals surface area contributed by atoms with Crippen molar-refractivity contribution >= 4 is 34.8 Å². The van der Waals surface area contributed by atoms with Crippen molar-refractivity contribution in [3.63, 3.8) is 0 Å². The van der Waals surface area contributed by atoms with Crippen LogP contribution in [0.4, 0.5) is 11.4 Å². The molecule has 1 N–H and O–H groups in total. The highest BCUT2D eigenvalue weighted by molar-refractivity contribution is 6.30. The Bertz CT molecular complexity index is 1250. The normalized spacial score (nSPS) is 20.1. The van der Waals surface area contributed by atoms with Crippen molar-refractivity contribution in [3.05, 3.63) is 105 Å². The van der Waals surface area contributed by atoms with Crippen LogP contribution in [0.15, 0.2) is 78.9 Å². The second-order valence-electron chi connectivity index (χ2n) is 9.65. The zero-order valence-electron chi connectivity index (χ0n) is 19.7. The third-order valence-electron chi connectivity index (χ3n) is 6.12. The first-order valence-corrected chi connectivity index (χ1v) is 11.6. The summed E-state index contributed by atoms with van der Waals surface area (Å²) in [5.41, 5.74) is -0.365. The average molecular weight is 492 g/mol. The molecule has 0 spiro atoms. The van der Waals surface area contributed by atoms with Gasteiger partial charge in [0.2, 0.25) is 5.91 Å². The van der Waals surface area contributed by atoms with E-state index in [4.69, 9.17) is 11.6 Å². The van der Waals surface area contributed by atoms with E-state index in [0.717, 1.165) is 5.56 Å². The zero-order chi connectivity index (χ0) is 25.4. The van der Waals surface area contributed by atoms with Gasteiger partial charge in [-0.3, -0.25) is 24.6 Å². The van der Waals surface area contributed by atoms with Crippen molar-refractivity contribution in [2.24, 2.45) is 0 Å². The number of nitrogens with zero attached hydrogens (tertiary/aromatic N) is 2. The fraction of sp³-hybridized carbons (Fsp3) is 0.259. The van der Waals surface area contributed by atoms with Crippen molar-refractivity contribution in [2.75, 3.05) is 4.90 Å². The van der Waals surface area contributed by atoms with Crippen LogP contribution in [0.5, 0.6) is 0 Å². The molecule has 3 aromatic rings. The lowest BCUT2D eigenvalue weighted by molar-refractivity contribution is -0.384. The second kappa shape index (κ2) is 9.15. The molecule has 3 aromatic carbocycles. The van der Waals surface area contributed by atoms with Gasteiger partial charge in [-0.1, -0.05) is 41.9 Å². The average Bonchev–Trinajstić information content (AvgIpc) is 3.13. The van der Waals surface area contributed by atoms with Gasteiger partial charge in [0.1, 0.15) is 0 Å². The molecule has 1 aliphatic heterocycles. The molecule has 7 nitrogen and oxygen atoms in total. The molecule has 0 bridgehead atoms. The Hall–Kier alpha value is -3.71. The fourth-order valence-corrected chi connectivity index (χ4v) is 4.87. The number of rotatable bonds is 5. The number of nitro benzene ring substituents is 1. The summed E-state index contributed by atoms with van der Waals surface area (Å²) in [4.78, 5) is 40.4. The van der Waals surface area contributed by atoms with Crippen molar-refractivity contribution < 1.29 is 14.5 Å². The number of hydrogen-bond acceptors (Lipinski definition) is 4. The minimum atomic E-state index is -1.49. The summed E-state index contributed by atoms with van der Waals surface area (Å²) < 4.78 is 0. The zero-order valence-corrected chi connectivity index (χ0v) is 20.5. The molecule has 1 heterocycles. The van der Waals surface area contributed by atoms with Crippen LogP contribution in [0.2, 0.25) is 5.02 Å². The number of non-ortho nitro benzene ring substituents is 1. The van der Waals surface area contributed by atoms with Crippen molar-refractivity contribution in [1.82, 2.24) is 5.32 Å². The Morgan fingerprint density at radius 3 is 2.17 bits per heavy atom. The van der Waals surface area contributed by atoms with Gasteiger partial charge in [0, 0.05) is 40.7 Å². The highest BCUT2D eigenvalue weighted by Gasteiger charge is 2.60. The van der Waals surface area contributed by atoms with Gasteiger partial charge in [-0.05, 0) is 68.3 Å². The van der Waals surface area contributed by atoms with E-state index < -0.39 is 21.9 Å². The van der Waals surface area contributed by atoms with Crippen molar-refractivity contribution in [1.29, 1.82) is 0 Å². The van der Waals surface area contributed by atoms with Crippen molar-refractivity contribution in [3.8, 4) is 0 Å². The topological polar surface area (TPSA) is 92.5 Å². The molecular formula is C27H26ClN3O4. The summed E-state index contributed by atoms with van der Waals surface area (Å²) in [7, 11) is 0. The molecule has 1 aliphatic rings. The number of amides is 2. The molecule has 180 valence electrons. The van der Waals surface area contributed by atoms with E-state index in [9.17, 15) is 19.7 Å². The van der Waals surface area contributed by atoms with Gasteiger partial charge in [-0.15, -0.1) is 0 Å². The van der Waals surface area contributed by atoms with Crippen LogP contribution >= 0.6 is 11.6 Å².